The van der Waals surface area contributed by atoms with Crippen molar-refractivity contribution in [1.29, 1.82) is 0 Å². The molecule has 1 heterocycles. The van der Waals surface area contributed by atoms with E-state index in [1.807, 2.05) is 0 Å². The standard InChI is InChI=1S/C19H36N2Si/c1-17(2,3)15-14-16(18(4,5)6)21(20-15)12-13-22(10,11)19(7,8)9/h12-14H,1-11H3/b13-12+. The number of hydrogen-bond donors (Lipinski definition) is 0. The Labute approximate surface area is 139 Å². The highest BCUT2D eigenvalue weighted by Gasteiger charge is 2.33. The van der Waals surface area contributed by atoms with Crippen molar-refractivity contribution >= 4 is 14.3 Å². The van der Waals surface area contributed by atoms with Crippen LogP contribution in [0.1, 0.15) is 73.7 Å². The van der Waals surface area contributed by atoms with E-state index in [1.54, 1.807) is 0 Å². The zero-order chi connectivity index (χ0) is 17.6. The third-order valence-electron chi connectivity index (χ3n) is 4.84. The molecule has 1 rings (SSSR count). The Bertz CT molecular complexity index is 543. The second kappa shape index (κ2) is 5.66. The largest absolute Gasteiger partial charge is 0.245 e. The number of hydrogen-bond acceptors (Lipinski definition) is 1. The van der Waals surface area contributed by atoms with Crippen LogP contribution in [0.5, 0.6) is 0 Å². The van der Waals surface area contributed by atoms with E-state index in [1.165, 1.54) is 5.69 Å². The van der Waals surface area contributed by atoms with Crippen molar-refractivity contribution in [3.05, 3.63) is 23.2 Å². The maximum atomic E-state index is 4.89. The van der Waals surface area contributed by atoms with Gasteiger partial charge in [-0.05, 0) is 11.1 Å². The zero-order valence-electron chi connectivity index (χ0n) is 16.6. The molecular formula is C19H36N2Si. The maximum absolute atomic E-state index is 4.89. The van der Waals surface area contributed by atoms with Crippen LogP contribution in [0.3, 0.4) is 0 Å². The Morgan fingerprint density at radius 3 is 1.77 bits per heavy atom. The summed E-state index contributed by atoms with van der Waals surface area (Å²) in [5.41, 5.74) is 5.05. The summed E-state index contributed by atoms with van der Waals surface area (Å²) < 4.78 is 2.11. The van der Waals surface area contributed by atoms with Crippen LogP contribution >= 0.6 is 0 Å². The molecule has 2 nitrogen and oxygen atoms in total. The van der Waals surface area contributed by atoms with Crippen molar-refractivity contribution in [3.8, 4) is 0 Å². The molecule has 0 fully saturated rings. The lowest BCUT2D eigenvalue weighted by Gasteiger charge is -2.34. The van der Waals surface area contributed by atoms with Crippen LogP contribution in [0.2, 0.25) is 18.1 Å². The lowest BCUT2D eigenvalue weighted by molar-refractivity contribution is 0.544. The second-order valence-electron chi connectivity index (χ2n) is 10.1. The molecule has 0 radical (unpaired) electrons. The van der Waals surface area contributed by atoms with Crippen LogP contribution in [0, 0.1) is 0 Å². The van der Waals surface area contributed by atoms with Crippen LogP contribution in [0.15, 0.2) is 11.8 Å². The van der Waals surface area contributed by atoms with Gasteiger partial charge >= 0.3 is 0 Å². The molecule has 0 aliphatic carbocycles. The zero-order valence-corrected chi connectivity index (χ0v) is 17.6. The van der Waals surface area contributed by atoms with Gasteiger partial charge in [-0.15, -0.1) is 0 Å². The van der Waals surface area contributed by atoms with Crippen LogP contribution < -0.4 is 0 Å². The molecule has 0 saturated heterocycles. The quantitative estimate of drug-likeness (QED) is 0.611. The third-order valence-corrected chi connectivity index (χ3v) is 9.69. The molecule has 0 saturated carbocycles. The predicted molar refractivity (Wildman–Crippen MR) is 102 cm³/mol. The Morgan fingerprint density at radius 1 is 0.909 bits per heavy atom. The average molecular weight is 321 g/mol. The second-order valence-corrected chi connectivity index (χ2v) is 15.4. The first kappa shape index (κ1) is 19.2. The molecule has 0 bridgehead atoms. The van der Waals surface area contributed by atoms with Gasteiger partial charge in [0.15, 0.2) is 0 Å². The summed E-state index contributed by atoms with van der Waals surface area (Å²) >= 11 is 0. The van der Waals surface area contributed by atoms with Crippen molar-refractivity contribution in [2.75, 3.05) is 0 Å². The fourth-order valence-electron chi connectivity index (χ4n) is 1.94. The highest BCUT2D eigenvalue weighted by Crippen LogP contribution is 2.37. The molecular weight excluding hydrogens is 284 g/mol. The van der Waals surface area contributed by atoms with Crippen molar-refractivity contribution in [1.82, 2.24) is 9.78 Å². The first-order valence-electron chi connectivity index (χ1n) is 8.35. The highest BCUT2D eigenvalue weighted by atomic mass is 28.3. The van der Waals surface area contributed by atoms with E-state index in [-0.39, 0.29) is 10.8 Å². The lowest BCUT2D eigenvalue weighted by Crippen LogP contribution is -2.35. The molecule has 0 aliphatic rings. The maximum Gasteiger partial charge on any atom is 0.0790 e. The van der Waals surface area contributed by atoms with Gasteiger partial charge in [0.2, 0.25) is 0 Å². The Kier molecular flexibility index (Phi) is 4.95. The van der Waals surface area contributed by atoms with Crippen LogP contribution in [-0.4, -0.2) is 17.9 Å². The first-order chi connectivity index (χ1) is 9.56. The van der Waals surface area contributed by atoms with Gasteiger partial charge in [0.05, 0.1) is 13.8 Å². The van der Waals surface area contributed by atoms with Crippen molar-refractivity contribution in [2.45, 2.75) is 91.3 Å². The Hall–Kier alpha value is -0.833. The van der Waals surface area contributed by atoms with Gasteiger partial charge < -0.3 is 0 Å². The summed E-state index contributed by atoms with van der Waals surface area (Å²) in [5, 5.41) is 5.24. The number of rotatable bonds is 2. The molecule has 0 atom stereocenters. The molecule has 0 aliphatic heterocycles. The van der Waals surface area contributed by atoms with Gasteiger partial charge in [0.25, 0.3) is 0 Å². The molecule has 1 aromatic rings. The van der Waals surface area contributed by atoms with Gasteiger partial charge in [0, 0.05) is 22.7 Å². The minimum Gasteiger partial charge on any atom is -0.245 e. The van der Waals surface area contributed by atoms with Crippen molar-refractivity contribution < 1.29 is 0 Å². The Morgan fingerprint density at radius 2 is 1.41 bits per heavy atom. The lowest BCUT2D eigenvalue weighted by atomic mass is 9.88. The minimum atomic E-state index is -1.45. The summed E-state index contributed by atoms with van der Waals surface area (Å²) in [6.45, 7) is 25.3. The summed E-state index contributed by atoms with van der Waals surface area (Å²) in [5.74, 6) is 0. The molecule has 3 heteroatoms. The van der Waals surface area contributed by atoms with E-state index in [0.29, 0.717) is 5.04 Å². The summed E-state index contributed by atoms with van der Waals surface area (Å²) in [6, 6.07) is 2.27. The van der Waals surface area contributed by atoms with Gasteiger partial charge in [-0.25, -0.2) is 4.68 Å². The highest BCUT2D eigenvalue weighted by molar-refractivity contribution is 6.85. The topological polar surface area (TPSA) is 17.8 Å². The molecule has 1 aromatic heterocycles. The molecule has 0 amide bonds. The van der Waals surface area contributed by atoms with Crippen molar-refractivity contribution in [2.24, 2.45) is 0 Å². The van der Waals surface area contributed by atoms with E-state index in [2.05, 4.69) is 98.1 Å². The number of aromatic nitrogens is 2. The van der Waals surface area contributed by atoms with E-state index in [0.717, 1.165) is 5.69 Å². The van der Waals surface area contributed by atoms with Gasteiger partial charge in [-0.1, -0.05) is 81.1 Å². The first-order valence-corrected chi connectivity index (χ1v) is 11.4. The fraction of sp³-hybridized carbons (Fsp3) is 0.737. The van der Waals surface area contributed by atoms with Gasteiger partial charge in [-0.2, -0.15) is 5.10 Å². The molecule has 126 valence electrons. The van der Waals surface area contributed by atoms with Crippen molar-refractivity contribution in [3.63, 3.8) is 0 Å². The Balaban J connectivity index is 3.33. The van der Waals surface area contributed by atoms with Gasteiger partial charge in [-0.3, -0.25) is 0 Å². The van der Waals surface area contributed by atoms with E-state index in [4.69, 9.17) is 5.10 Å². The molecule has 0 spiro atoms. The van der Waals surface area contributed by atoms with Crippen LogP contribution in [0.4, 0.5) is 0 Å². The summed E-state index contributed by atoms with van der Waals surface area (Å²) in [4.78, 5) is 0. The molecule has 0 N–H and O–H groups in total. The van der Waals surface area contributed by atoms with E-state index in [9.17, 15) is 0 Å². The average Bonchev–Trinajstić information content (AvgIpc) is 2.67. The van der Waals surface area contributed by atoms with E-state index >= 15 is 0 Å². The predicted octanol–water partition coefficient (Wildman–Crippen LogP) is 6.00. The SMILES string of the molecule is CC(C)(C)c1cc(C(C)(C)C)n(/C=C/[Si](C)(C)C(C)(C)C)n1. The molecule has 22 heavy (non-hydrogen) atoms. The third kappa shape index (κ3) is 4.34. The number of nitrogens with zero attached hydrogens (tertiary/aromatic N) is 2. The normalized spacial score (nSPS) is 14.9. The summed E-state index contributed by atoms with van der Waals surface area (Å²) in [7, 11) is -1.45. The smallest absolute Gasteiger partial charge is 0.0790 e. The monoisotopic (exact) mass is 320 g/mol. The van der Waals surface area contributed by atoms with Crippen LogP contribution in [0.25, 0.3) is 6.20 Å². The summed E-state index contributed by atoms with van der Waals surface area (Å²) in [6.07, 6.45) is 2.22. The molecule has 0 unspecified atom stereocenters. The van der Waals surface area contributed by atoms with Crippen LogP contribution in [-0.2, 0) is 10.8 Å². The molecule has 0 aromatic carbocycles. The minimum absolute atomic E-state index is 0.0794. The fourth-order valence-corrected chi connectivity index (χ4v) is 2.96. The van der Waals surface area contributed by atoms with E-state index < -0.39 is 8.07 Å². The van der Waals surface area contributed by atoms with Gasteiger partial charge in [0.1, 0.15) is 0 Å².